The molecule has 2 N–H and O–H groups in total. The molecule has 2 heterocycles. The number of amides is 2. The molecule has 2 aliphatic heterocycles. The molecule has 0 aromatic rings. The molecule has 7 nitrogen and oxygen atoms in total. The van der Waals surface area contributed by atoms with Crippen molar-refractivity contribution in [2.75, 3.05) is 19.6 Å². The highest BCUT2D eigenvalue weighted by atomic mass is 16.5. The number of piperidine rings is 1. The quantitative estimate of drug-likeness (QED) is 0.752. The molecule has 0 aliphatic carbocycles. The van der Waals surface area contributed by atoms with Gasteiger partial charge in [0.25, 0.3) is 0 Å². The van der Waals surface area contributed by atoms with Crippen molar-refractivity contribution >= 4 is 17.8 Å². The molecular weight excluding hydrogens is 276 g/mol. The molecule has 0 spiro atoms. The lowest BCUT2D eigenvalue weighted by Gasteiger charge is -2.26. The van der Waals surface area contributed by atoms with Crippen LogP contribution in [0.15, 0.2) is 0 Å². The summed E-state index contributed by atoms with van der Waals surface area (Å²) in [5.41, 5.74) is 0. The highest BCUT2D eigenvalue weighted by molar-refractivity contribution is 5.83. The van der Waals surface area contributed by atoms with Crippen molar-refractivity contribution in [3.05, 3.63) is 0 Å². The minimum atomic E-state index is -1.04. The largest absolute Gasteiger partial charge is 0.479 e. The summed E-state index contributed by atoms with van der Waals surface area (Å²) >= 11 is 0. The second-order valence-corrected chi connectivity index (χ2v) is 5.51. The van der Waals surface area contributed by atoms with Crippen molar-refractivity contribution in [2.24, 2.45) is 0 Å². The van der Waals surface area contributed by atoms with Crippen molar-refractivity contribution in [3.63, 3.8) is 0 Å². The number of hydrogen-bond donors (Lipinski definition) is 2. The molecule has 2 rings (SSSR count). The molecule has 2 atom stereocenters. The average molecular weight is 298 g/mol. The molecule has 7 heteroatoms. The summed E-state index contributed by atoms with van der Waals surface area (Å²) in [6, 6.07) is 0. The Morgan fingerprint density at radius 3 is 2.38 bits per heavy atom. The van der Waals surface area contributed by atoms with Gasteiger partial charge < -0.3 is 20.1 Å². The Bertz CT molecular complexity index is 406. The van der Waals surface area contributed by atoms with Crippen LogP contribution in [-0.2, 0) is 19.1 Å². The van der Waals surface area contributed by atoms with E-state index in [-0.39, 0.29) is 24.8 Å². The number of ether oxygens (including phenoxy) is 1. The average Bonchev–Trinajstić information content (AvgIpc) is 2.98. The van der Waals surface area contributed by atoms with E-state index in [4.69, 9.17) is 9.84 Å². The molecule has 0 aromatic heterocycles. The number of hydrogen-bond acceptors (Lipinski definition) is 4. The second-order valence-electron chi connectivity index (χ2n) is 5.51. The summed E-state index contributed by atoms with van der Waals surface area (Å²) in [4.78, 5) is 36.3. The van der Waals surface area contributed by atoms with Crippen LogP contribution in [0.4, 0.5) is 0 Å². The lowest BCUT2D eigenvalue weighted by molar-refractivity contribution is -0.151. The van der Waals surface area contributed by atoms with Gasteiger partial charge in [-0.25, -0.2) is 4.79 Å². The maximum atomic E-state index is 11.9. The smallest absolute Gasteiger partial charge is 0.332 e. The number of carbonyl (C=O) groups is 3. The zero-order valence-electron chi connectivity index (χ0n) is 12.0. The third-order valence-electron chi connectivity index (χ3n) is 3.93. The molecule has 0 aromatic carbocycles. The molecule has 0 saturated carbocycles. The van der Waals surface area contributed by atoms with Gasteiger partial charge in [0.2, 0.25) is 11.8 Å². The number of carboxylic acid groups (broad SMARTS) is 1. The lowest BCUT2D eigenvalue weighted by atomic mass is 10.1. The van der Waals surface area contributed by atoms with Crippen molar-refractivity contribution in [1.82, 2.24) is 10.2 Å². The summed E-state index contributed by atoms with van der Waals surface area (Å²) in [6.45, 7) is 1.88. The first-order valence-corrected chi connectivity index (χ1v) is 7.51. The zero-order valence-corrected chi connectivity index (χ0v) is 12.0. The summed E-state index contributed by atoms with van der Waals surface area (Å²) in [5, 5.41) is 11.4. The maximum absolute atomic E-state index is 11.9. The second kappa shape index (κ2) is 7.40. The van der Waals surface area contributed by atoms with E-state index in [1.165, 1.54) is 6.42 Å². The third kappa shape index (κ3) is 4.42. The third-order valence-corrected chi connectivity index (χ3v) is 3.93. The standard InChI is InChI=1S/C14H22N2O5/c17-12(16-8-2-1-3-9-16)6-7-15-13(18)10-4-5-11(21-10)14(19)20/h10-11H,1-9H2,(H,15,18)(H,19,20). The van der Waals surface area contributed by atoms with Gasteiger partial charge in [-0.15, -0.1) is 0 Å². The molecule has 118 valence electrons. The van der Waals surface area contributed by atoms with Crippen LogP contribution in [0.3, 0.4) is 0 Å². The van der Waals surface area contributed by atoms with Crippen LogP contribution in [0.25, 0.3) is 0 Å². The number of carbonyl (C=O) groups excluding carboxylic acids is 2. The van der Waals surface area contributed by atoms with Crippen molar-refractivity contribution in [1.29, 1.82) is 0 Å². The van der Waals surface area contributed by atoms with E-state index >= 15 is 0 Å². The van der Waals surface area contributed by atoms with Crippen LogP contribution in [0.1, 0.15) is 38.5 Å². The molecule has 0 radical (unpaired) electrons. The number of rotatable bonds is 5. The van der Waals surface area contributed by atoms with E-state index < -0.39 is 18.2 Å². The van der Waals surface area contributed by atoms with E-state index in [1.807, 2.05) is 4.90 Å². The van der Waals surface area contributed by atoms with Gasteiger partial charge in [-0.2, -0.15) is 0 Å². The highest BCUT2D eigenvalue weighted by Gasteiger charge is 2.34. The molecule has 2 aliphatic rings. The first kappa shape index (κ1) is 15.8. The number of aliphatic carboxylic acids is 1. The van der Waals surface area contributed by atoms with E-state index in [0.717, 1.165) is 25.9 Å². The summed E-state index contributed by atoms with van der Waals surface area (Å²) in [7, 11) is 0. The van der Waals surface area contributed by atoms with Crippen molar-refractivity contribution < 1.29 is 24.2 Å². The molecule has 2 saturated heterocycles. The van der Waals surface area contributed by atoms with Gasteiger partial charge in [-0.1, -0.05) is 0 Å². The lowest BCUT2D eigenvalue weighted by Crippen LogP contribution is -2.40. The zero-order chi connectivity index (χ0) is 15.2. The van der Waals surface area contributed by atoms with E-state index in [2.05, 4.69) is 5.32 Å². The predicted octanol–water partition coefficient (Wildman–Crippen LogP) is 0.137. The van der Waals surface area contributed by atoms with Crippen LogP contribution >= 0.6 is 0 Å². The number of nitrogens with one attached hydrogen (secondary N) is 1. The number of carboxylic acids is 1. The van der Waals surface area contributed by atoms with Crippen molar-refractivity contribution in [3.8, 4) is 0 Å². The fourth-order valence-electron chi connectivity index (χ4n) is 2.72. The van der Waals surface area contributed by atoms with Gasteiger partial charge in [-0.05, 0) is 32.1 Å². The Balaban J connectivity index is 1.65. The molecule has 2 fully saturated rings. The van der Waals surface area contributed by atoms with Gasteiger partial charge in [0.1, 0.15) is 6.10 Å². The molecule has 2 unspecified atom stereocenters. The monoisotopic (exact) mass is 298 g/mol. The fourth-order valence-corrected chi connectivity index (χ4v) is 2.72. The number of nitrogens with zero attached hydrogens (tertiary/aromatic N) is 1. The van der Waals surface area contributed by atoms with Gasteiger partial charge in [0.15, 0.2) is 6.10 Å². The first-order chi connectivity index (χ1) is 10.1. The van der Waals surface area contributed by atoms with E-state index in [0.29, 0.717) is 12.8 Å². The SMILES string of the molecule is O=C(O)C1CCC(C(=O)NCCC(=O)N2CCCCC2)O1. The fraction of sp³-hybridized carbons (Fsp3) is 0.786. The molecule has 0 bridgehead atoms. The van der Waals surface area contributed by atoms with Gasteiger partial charge in [0, 0.05) is 26.1 Å². The van der Waals surface area contributed by atoms with Crippen LogP contribution < -0.4 is 5.32 Å². The molecular formula is C14H22N2O5. The minimum absolute atomic E-state index is 0.0609. The molecule has 21 heavy (non-hydrogen) atoms. The summed E-state index contributed by atoms with van der Waals surface area (Å²) in [6.07, 6.45) is 2.69. The topological polar surface area (TPSA) is 95.9 Å². The van der Waals surface area contributed by atoms with Gasteiger partial charge >= 0.3 is 5.97 Å². The summed E-state index contributed by atoms with van der Waals surface area (Å²) < 4.78 is 5.15. The normalized spacial score (nSPS) is 25.6. The summed E-state index contributed by atoms with van der Waals surface area (Å²) in [5.74, 6) is -1.30. The van der Waals surface area contributed by atoms with Gasteiger partial charge in [-0.3, -0.25) is 9.59 Å². The van der Waals surface area contributed by atoms with Crippen LogP contribution in [0.5, 0.6) is 0 Å². The highest BCUT2D eigenvalue weighted by Crippen LogP contribution is 2.19. The predicted molar refractivity (Wildman–Crippen MR) is 73.6 cm³/mol. The Morgan fingerprint density at radius 2 is 1.76 bits per heavy atom. The Labute approximate surface area is 123 Å². The van der Waals surface area contributed by atoms with Crippen LogP contribution in [0, 0.1) is 0 Å². The molecule has 2 amide bonds. The minimum Gasteiger partial charge on any atom is -0.479 e. The van der Waals surface area contributed by atoms with E-state index in [1.54, 1.807) is 0 Å². The van der Waals surface area contributed by atoms with Crippen molar-refractivity contribution in [2.45, 2.75) is 50.7 Å². The Hall–Kier alpha value is -1.63. The number of likely N-dealkylation sites (tertiary alicyclic amines) is 1. The first-order valence-electron chi connectivity index (χ1n) is 7.51. The van der Waals surface area contributed by atoms with Crippen LogP contribution in [-0.4, -0.2) is 59.6 Å². The van der Waals surface area contributed by atoms with Gasteiger partial charge in [0.05, 0.1) is 0 Å². The van der Waals surface area contributed by atoms with E-state index in [9.17, 15) is 14.4 Å². The Kier molecular flexibility index (Phi) is 5.55. The van der Waals surface area contributed by atoms with Crippen LogP contribution in [0.2, 0.25) is 0 Å². The Morgan fingerprint density at radius 1 is 1.10 bits per heavy atom. The maximum Gasteiger partial charge on any atom is 0.332 e.